The minimum absolute atomic E-state index is 0.131. The third-order valence-electron chi connectivity index (χ3n) is 5.67. The zero-order valence-electron chi connectivity index (χ0n) is 17.1. The van der Waals surface area contributed by atoms with Gasteiger partial charge in [0.15, 0.2) is 11.5 Å². The minimum atomic E-state index is -0.800. The smallest absolute Gasteiger partial charge is 0.303 e. The highest BCUT2D eigenvalue weighted by Crippen LogP contribution is 2.39. The van der Waals surface area contributed by atoms with Crippen molar-refractivity contribution in [2.24, 2.45) is 5.92 Å². The third-order valence-corrected chi connectivity index (χ3v) is 7.05. The summed E-state index contributed by atoms with van der Waals surface area (Å²) in [6.07, 6.45) is 12.9. The molecule has 1 aliphatic carbocycles. The predicted molar refractivity (Wildman–Crippen MR) is 117 cm³/mol. The molecule has 3 aliphatic rings. The van der Waals surface area contributed by atoms with Crippen molar-refractivity contribution >= 4 is 29.3 Å². The normalized spacial score (nSPS) is 21.5. The van der Waals surface area contributed by atoms with Crippen LogP contribution in [0.1, 0.15) is 39.0 Å². The maximum Gasteiger partial charge on any atom is 0.303 e. The highest BCUT2D eigenvalue weighted by molar-refractivity contribution is 8.03. The van der Waals surface area contributed by atoms with E-state index in [1.807, 2.05) is 0 Å². The number of anilines is 1. The lowest BCUT2D eigenvalue weighted by Crippen LogP contribution is -2.52. The molecule has 2 aliphatic heterocycles. The Morgan fingerprint density at radius 1 is 1.23 bits per heavy atom. The van der Waals surface area contributed by atoms with Crippen LogP contribution in [-0.4, -0.2) is 36.4 Å². The van der Waals surface area contributed by atoms with Crippen molar-refractivity contribution in [3.8, 4) is 23.8 Å². The van der Waals surface area contributed by atoms with Gasteiger partial charge in [0.05, 0.1) is 0 Å². The van der Waals surface area contributed by atoms with Crippen LogP contribution in [0.3, 0.4) is 0 Å². The van der Waals surface area contributed by atoms with Gasteiger partial charge in [0, 0.05) is 28.5 Å². The Bertz CT molecular complexity index is 901. The molecule has 0 aromatic heterocycles. The summed E-state index contributed by atoms with van der Waals surface area (Å²) < 4.78 is 10.9. The molecular weight excluding hydrogens is 400 g/mol. The first kappa shape index (κ1) is 20.7. The van der Waals surface area contributed by atoms with Crippen LogP contribution in [0.2, 0.25) is 0 Å². The summed E-state index contributed by atoms with van der Waals surface area (Å²) in [5.74, 6) is 3.81. The molecule has 0 spiro atoms. The quantitative estimate of drug-likeness (QED) is 0.731. The lowest BCUT2D eigenvalue weighted by Gasteiger charge is -2.32. The van der Waals surface area contributed by atoms with E-state index in [1.165, 1.54) is 11.3 Å². The van der Waals surface area contributed by atoms with E-state index in [9.17, 15) is 9.59 Å². The molecule has 2 unspecified atom stereocenters. The maximum absolute atomic E-state index is 13.5. The number of carbonyl (C=O) groups excluding carboxylic acids is 2. The van der Waals surface area contributed by atoms with Crippen molar-refractivity contribution in [3.63, 3.8) is 0 Å². The monoisotopic (exact) mass is 426 g/mol. The molecule has 30 heavy (non-hydrogen) atoms. The van der Waals surface area contributed by atoms with Crippen LogP contribution in [0, 0.1) is 18.3 Å². The molecule has 1 aromatic carbocycles. The summed E-state index contributed by atoms with van der Waals surface area (Å²) in [7, 11) is 0. The number of amides is 2. The maximum atomic E-state index is 13.5. The van der Waals surface area contributed by atoms with Crippen molar-refractivity contribution in [2.45, 2.75) is 51.1 Å². The molecule has 1 saturated carbocycles. The molecule has 1 aromatic rings. The first-order valence-electron chi connectivity index (χ1n) is 10.4. The molecule has 6 nitrogen and oxygen atoms in total. The second-order valence-electron chi connectivity index (χ2n) is 7.96. The van der Waals surface area contributed by atoms with E-state index in [0.29, 0.717) is 23.1 Å². The number of allylic oxidation sites excluding steroid dienone is 1. The van der Waals surface area contributed by atoms with E-state index in [-0.39, 0.29) is 18.7 Å². The molecule has 0 saturated heterocycles. The number of fused-ring (bicyclic) bond motifs is 1. The van der Waals surface area contributed by atoms with E-state index < -0.39 is 11.9 Å². The van der Waals surface area contributed by atoms with Gasteiger partial charge in [-0.25, -0.2) is 0 Å². The molecular formula is C23H26N2O4S. The van der Waals surface area contributed by atoms with E-state index in [2.05, 4.69) is 24.2 Å². The van der Waals surface area contributed by atoms with Gasteiger partial charge < -0.3 is 14.8 Å². The minimum Gasteiger partial charge on any atom is -0.454 e. The summed E-state index contributed by atoms with van der Waals surface area (Å²) >= 11 is 1.61. The van der Waals surface area contributed by atoms with Crippen LogP contribution in [0.5, 0.6) is 11.5 Å². The number of nitrogens with zero attached hydrogens (tertiary/aromatic N) is 1. The summed E-state index contributed by atoms with van der Waals surface area (Å²) in [6.45, 7) is 2.23. The van der Waals surface area contributed by atoms with Crippen LogP contribution in [0.15, 0.2) is 29.2 Å². The number of thioether (sulfide) groups is 1. The summed E-state index contributed by atoms with van der Waals surface area (Å²) in [5, 5.41) is 3.18. The van der Waals surface area contributed by atoms with Crippen LogP contribution >= 0.6 is 11.8 Å². The molecule has 0 bridgehead atoms. The van der Waals surface area contributed by atoms with Crippen LogP contribution in [0.4, 0.5) is 5.69 Å². The van der Waals surface area contributed by atoms with Gasteiger partial charge in [-0.1, -0.05) is 32.3 Å². The van der Waals surface area contributed by atoms with Gasteiger partial charge in [-0.2, -0.15) is 0 Å². The number of benzene rings is 1. The Morgan fingerprint density at radius 2 is 2.00 bits per heavy atom. The Kier molecular flexibility index (Phi) is 6.24. The topological polar surface area (TPSA) is 67.9 Å². The number of carbonyl (C=O) groups is 2. The van der Waals surface area contributed by atoms with Gasteiger partial charge in [-0.05, 0) is 36.8 Å². The lowest BCUT2D eigenvalue weighted by atomic mass is 9.95. The Morgan fingerprint density at radius 3 is 2.70 bits per heavy atom. The average Bonchev–Trinajstić information content (AvgIpc) is 3.40. The Hall–Kier alpha value is -2.59. The number of hydrogen-bond acceptors (Lipinski definition) is 5. The van der Waals surface area contributed by atoms with Crippen molar-refractivity contribution in [2.75, 3.05) is 17.4 Å². The first-order valence-corrected chi connectivity index (χ1v) is 11.4. The number of rotatable bonds is 5. The van der Waals surface area contributed by atoms with E-state index in [4.69, 9.17) is 15.9 Å². The van der Waals surface area contributed by atoms with Gasteiger partial charge in [-0.15, -0.1) is 18.2 Å². The zero-order chi connectivity index (χ0) is 21.1. The standard InChI is InChI=1S/C23H26N2O4S/c1-3-21(26)25(17-9-10-18-19(12-17)29-14-28-18)22(20-11-15(2)13-30-20)23(27)24-16-7-5-4-6-8-16/h1,9-12,15-16,22H,4-8,13-14H2,2H3,(H,24,27). The SMILES string of the molecule is C#CC(=O)N(c1ccc2c(c1)OCO2)C(C(=O)NC1CCCCC1)C1=CC(C)CS1. The van der Waals surface area contributed by atoms with Gasteiger partial charge in [0.25, 0.3) is 0 Å². The van der Waals surface area contributed by atoms with E-state index >= 15 is 0 Å². The number of nitrogens with one attached hydrogen (secondary N) is 1. The van der Waals surface area contributed by atoms with Crippen molar-refractivity contribution in [3.05, 3.63) is 29.2 Å². The fourth-order valence-corrected chi connectivity index (χ4v) is 5.41. The third kappa shape index (κ3) is 4.29. The van der Waals surface area contributed by atoms with Gasteiger partial charge in [0.2, 0.25) is 12.7 Å². The van der Waals surface area contributed by atoms with Crippen molar-refractivity contribution in [1.29, 1.82) is 0 Å². The Labute approximate surface area is 181 Å². The largest absolute Gasteiger partial charge is 0.454 e. The molecule has 158 valence electrons. The second kappa shape index (κ2) is 9.05. The summed E-state index contributed by atoms with van der Waals surface area (Å²) in [4.78, 5) is 28.7. The van der Waals surface area contributed by atoms with Crippen LogP contribution in [0.25, 0.3) is 0 Å². The van der Waals surface area contributed by atoms with E-state index in [0.717, 1.165) is 36.3 Å². The molecule has 1 fully saturated rings. The lowest BCUT2D eigenvalue weighted by molar-refractivity contribution is -0.124. The molecule has 7 heteroatoms. The first-order chi connectivity index (χ1) is 14.6. The van der Waals surface area contributed by atoms with Gasteiger partial charge in [-0.3, -0.25) is 14.5 Å². The molecule has 2 amide bonds. The van der Waals surface area contributed by atoms with Crippen LogP contribution in [-0.2, 0) is 9.59 Å². The molecule has 2 heterocycles. The highest BCUT2D eigenvalue weighted by Gasteiger charge is 2.37. The second-order valence-corrected chi connectivity index (χ2v) is 9.05. The fourth-order valence-electron chi connectivity index (χ4n) is 4.16. The highest BCUT2D eigenvalue weighted by atomic mass is 32.2. The van der Waals surface area contributed by atoms with Crippen LogP contribution < -0.4 is 19.7 Å². The van der Waals surface area contributed by atoms with E-state index in [1.54, 1.807) is 30.0 Å². The van der Waals surface area contributed by atoms with Gasteiger partial charge >= 0.3 is 5.91 Å². The molecule has 4 rings (SSSR count). The number of hydrogen-bond donors (Lipinski definition) is 1. The molecule has 2 atom stereocenters. The predicted octanol–water partition coefficient (Wildman–Crippen LogP) is 3.47. The zero-order valence-corrected chi connectivity index (χ0v) is 17.9. The van der Waals surface area contributed by atoms with Crippen molar-refractivity contribution in [1.82, 2.24) is 5.32 Å². The van der Waals surface area contributed by atoms with Crippen molar-refractivity contribution < 1.29 is 19.1 Å². The molecule has 0 radical (unpaired) electrons. The molecule has 1 N–H and O–H groups in total. The average molecular weight is 427 g/mol. The van der Waals surface area contributed by atoms with Gasteiger partial charge in [0.1, 0.15) is 6.04 Å². The summed E-state index contributed by atoms with van der Waals surface area (Å²) in [5.41, 5.74) is 0.520. The number of ether oxygens (including phenoxy) is 2. The number of terminal acetylenes is 1. The summed E-state index contributed by atoms with van der Waals surface area (Å²) in [6, 6.07) is 4.53. The fraction of sp³-hybridized carbons (Fsp3) is 0.478. The Balaban J connectivity index is 1.70.